The fourth-order valence-electron chi connectivity index (χ4n) is 4.18. The molecule has 2 atom stereocenters. The minimum atomic E-state index is -0.116. The van der Waals surface area contributed by atoms with Gasteiger partial charge in [0.15, 0.2) is 5.13 Å². The van der Waals surface area contributed by atoms with Crippen LogP contribution in [0.25, 0.3) is 11.3 Å². The van der Waals surface area contributed by atoms with Gasteiger partial charge in [0.25, 0.3) is 0 Å². The number of nitrogens with two attached hydrogens (primary N) is 1. The smallest absolute Gasteiger partial charge is 0.309 e. The van der Waals surface area contributed by atoms with Gasteiger partial charge < -0.3 is 20.1 Å². The van der Waals surface area contributed by atoms with Gasteiger partial charge in [0.2, 0.25) is 0 Å². The third kappa shape index (κ3) is 5.33. The summed E-state index contributed by atoms with van der Waals surface area (Å²) >= 11 is 5.06. The molecule has 1 aliphatic rings. The van der Waals surface area contributed by atoms with E-state index in [1.165, 1.54) is 7.11 Å². The Labute approximate surface area is 206 Å². The number of rotatable bonds is 6. The van der Waals surface area contributed by atoms with E-state index in [1.54, 1.807) is 11.3 Å². The molecule has 0 radical (unpaired) electrons. The van der Waals surface area contributed by atoms with Crippen LogP contribution in [0.3, 0.4) is 0 Å². The molecule has 4 rings (SSSR count). The van der Waals surface area contributed by atoms with Crippen LogP contribution in [0.2, 0.25) is 0 Å². The minimum absolute atomic E-state index is 0.0477. The van der Waals surface area contributed by atoms with Gasteiger partial charge in [0.05, 0.1) is 18.7 Å². The number of thiazole rings is 1. The van der Waals surface area contributed by atoms with E-state index >= 15 is 0 Å². The number of esters is 1. The van der Waals surface area contributed by atoms with Crippen LogP contribution in [0.15, 0.2) is 46.3 Å². The summed E-state index contributed by atoms with van der Waals surface area (Å²) in [5.41, 5.74) is 10.8. The quantitative estimate of drug-likeness (QED) is 0.327. The van der Waals surface area contributed by atoms with Crippen LogP contribution in [0.1, 0.15) is 24.5 Å². The van der Waals surface area contributed by atoms with Crippen molar-refractivity contribution in [3.63, 3.8) is 0 Å². The third-order valence-corrected chi connectivity index (χ3v) is 7.47. The first-order valence-corrected chi connectivity index (χ1v) is 12.6. The number of anilines is 2. The molecule has 2 unspecified atom stereocenters. The Balaban J connectivity index is 1.52. The maximum Gasteiger partial charge on any atom is 0.309 e. The fourth-order valence-corrected chi connectivity index (χ4v) is 5.42. The van der Waals surface area contributed by atoms with Crippen LogP contribution < -0.4 is 15.4 Å². The van der Waals surface area contributed by atoms with E-state index in [1.807, 2.05) is 30.3 Å². The Morgan fingerprint density at radius 1 is 1.30 bits per heavy atom. The van der Waals surface area contributed by atoms with Gasteiger partial charge in [0, 0.05) is 39.8 Å². The largest absolute Gasteiger partial charge is 0.488 e. The zero-order valence-corrected chi connectivity index (χ0v) is 21.4. The second-order valence-corrected chi connectivity index (χ2v) is 10.2. The zero-order chi connectivity index (χ0) is 23.5. The SMILES string of the molecule is COC(=O)C1CCN(c2nc(-c3cc(C)ccc3OCc3ccc(Br)cc3N)cs2)CC1C. The number of nitrogen functional groups attached to an aromatic ring is 1. The van der Waals surface area contributed by atoms with E-state index in [9.17, 15) is 4.79 Å². The first kappa shape index (κ1) is 23.6. The van der Waals surface area contributed by atoms with Crippen LogP contribution in [-0.4, -0.2) is 31.2 Å². The second kappa shape index (κ2) is 10.1. The summed E-state index contributed by atoms with van der Waals surface area (Å²) < 4.78 is 12.1. The third-order valence-electron chi connectivity index (χ3n) is 6.07. The first-order chi connectivity index (χ1) is 15.9. The van der Waals surface area contributed by atoms with Crippen LogP contribution in [0, 0.1) is 18.8 Å². The van der Waals surface area contributed by atoms with Crippen molar-refractivity contribution in [3.05, 3.63) is 57.4 Å². The predicted octanol–water partition coefficient (Wildman–Crippen LogP) is 5.68. The first-order valence-electron chi connectivity index (χ1n) is 10.9. The molecule has 2 heterocycles. The maximum absolute atomic E-state index is 12.0. The van der Waals surface area contributed by atoms with Crippen molar-refractivity contribution in [2.24, 2.45) is 11.8 Å². The van der Waals surface area contributed by atoms with E-state index in [0.29, 0.717) is 12.3 Å². The van der Waals surface area contributed by atoms with Crippen LogP contribution >= 0.6 is 27.3 Å². The molecular weight excluding hydrogens is 502 g/mol. The van der Waals surface area contributed by atoms with Crippen molar-refractivity contribution >= 4 is 44.1 Å². The molecule has 1 aliphatic heterocycles. The predicted molar refractivity (Wildman–Crippen MR) is 137 cm³/mol. The Bertz CT molecular complexity index is 1150. The number of ether oxygens (including phenoxy) is 2. The molecule has 0 spiro atoms. The molecule has 0 amide bonds. The van der Waals surface area contributed by atoms with Crippen molar-refractivity contribution in [1.29, 1.82) is 0 Å². The summed E-state index contributed by atoms with van der Waals surface area (Å²) in [4.78, 5) is 19.2. The molecule has 33 heavy (non-hydrogen) atoms. The number of hydrogen-bond donors (Lipinski definition) is 1. The highest BCUT2D eigenvalue weighted by Crippen LogP contribution is 2.37. The summed E-state index contributed by atoms with van der Waals surface area (Å²) in [7, 11) is 1.46. The molecule has 174 valence electrons. The normalized spacial score (nSPS) is 18.2. The van der Waals surface area contributed by atoms with Crippen molar-refractivity contribution in [2.45, 2.75) is 26.9 Å². The van der Waals surface area contributed by atoms with Gasteiger partial charge in [0.1, 0.15) is 12.4 Å². The average Bonchev–Trinajstić information content (AvgIpc) is 3.29. The Hall–Kier alpha value is -2.58. The van der Waals surface area contributed by atoms with Gasteiger partial charge in [-0.2, -0.15) is 0 Å². The molecule has 2 aromatic carbocycles. The fraction of sp³-hybridized carbons (Fsp3) is 0.360. The van der Waals surface area contributed by atoms with E-state index in [-0.39, 0.29) is 17.8 Å². The lowest BCUT2D eigenvalue weighted by atomic mass is 9.87. The molecule has 2 N–H and O–H groups in total. The second-order valence-electron chi connectivity index (χ2n) is 8.49. The Kier molecular flexibility index (Phi) is 7.24. The Morgan fingerprint density at radius 3 is 2.85 bits per heavy atom. The number of aromatic nitrogens is 1. The van der Waals surface area contributed by atoms with E-state index < -0.39 is 0 Å². The summed E-state index contributed by atoms with van der Waals surface area (Å²) in [6, 6.07) is 11.9. The minimum Gasteiger partial charge on any atom is -0.488 e. The standard InChI is InChI=1S/C25H28BrN3O3S/c1-15-4-7-23(32-13-17-5-6-18(26)11-21(17)27)20(10-15)22-14-33-25(28-22)29-9-8-19(16(2)12-29)24(30)31-3/h4-7,10-11,14,16,19H,8-9,12-13,27H2,1-3H3. The molecule has 0 bridgehead atoms. The van der Waals surface area contributed by atoms with Gasteiger partial charge in [-0.3, -0.25) is 4.79 Å². The number of piperidine rings is 1. The number of carbonyl (C=O) groups is 1. The van der Waals surface area contributed by atoms with Gasteiger partial charge in [-0.25, -0.2) is 4.98 Å². The van der Waals surface area contributed by atoms with Gasteiger partial charge in [-0.05, 0) is 43.5 Å². The van der Waals surface area contributed by atoms with Crippen LogP contribution in [0.5, 0.6) is 5.75 Å². The number of hydrogen-bond acceptors (Lipinski definition) is 7. The molecule has 3 aromatic rings. The number of aryl methyl sites for hydroxylation is 1. The van der Waals surface area contributed by atoms with Crippen molar-refractivity contribution < 1.29 is 14.3 Å². The maximum atomic E-state index is 12.0. The lowest BCUT2D eigenvalue weighted by molar-refractivity contribution is -0.147. The molecule has 8 heteroatoms. The van der Waals surface area contributed by atoms with Gasteiger partial charge in [-0.15, -0.1) is 11.3 Å². The van der Waals surface area contributed by atoms with Crippen LogP contribution in [0.4, 0.5) is 10.8 Å². The summed E-state index contributed by atoms with van der Waals surface area (Å²) in [5, 5.41) is 3.03. The molecule has 1 aromatic heterocycles. The summed E-state index contributed by atoms with van der Waals surface area (Å²) in [6.45, 7) is 6.11. The highest BCUT2D eigenvalue weighted by atomic mass is 79.9. The highest BCUT2D eigenvalue weighted by Gasteiger charge is 2.33. The van der Waals surface area contributed by atoms with Crippen molar-refractivity contribution in [3.8, 4) is 17.0 Å². The molecule has 6 nitrogen and oxygen atoms in total. The topological polar surface area (TPSA) is 77.7 Å². The molecule has 1 fully saturated rings. The van der Waals surface area contributed by atoms with Crippen molar-refractivity contribution in [1.82, 2.24) is 4.98 Å². The number of halogens is 1. The number of benzene rings is 2. The summed E-state index contributed by atoms with van der Waals surface area (Å²) in [6.07, 6.45) is 0.774. The highest BCUT2D eigenvalue weighted by molar-refractivity contribution is 9.10. The zero-order valence-electron chi connectivity index (χ0n) is 19.0. The van der Waals surface area contributed by atoms with E-state index in [2.05, 4.69) is 46.1 Å². The molecule has 0 saturated carbocycles. The number of nitrogens with zero attached hydrogens (tertiary/aromatic N) is 2. The lowest BCUT2D eigenvalue weighted by Gasteiger charge is -2.35. The lowest BCUT2D eigenvalue weighted by Crippen LogP contribution is -2.42. The average molecular weight is 530 g/mol. The molecule has 0 aliphatic carbocycles. The van der Waals surface area contributed by atoms with E-state index in [4.69, 9.17) is 20.2 Å². The van der Waals surface area contributed by atoms with Gasteiger partial charge >= 0.3 is 5.97 Å². The Morgan fingerprint density at radius 2 is 2.12 bits per heavy atom. The van der Waals surface area contributed by atoms with Crippen LogP contribution in [-0.2, 0) is 16.1 Å². The number of methoxy groups -OCH3 is 1. The molecular formula is C25H28BrN3O3S. The monoisotopic (exact) mass is 529 g/mol. The van der Waals surface area contributed by atoms with Gasteiger partial charge in [-0.1, -0.05) is 40.5 Å². The molecule has 1 saturated heterocycles. The summed E-state index contributed by atoms with van der Waals surface area (Å²) in [5.74, 6) is 0.828. The van der Waals surface area contributed by atoms with Crippen molar-refractivity contribution in [2.75, 3.05) is 30.8 Å². The van der Waals surface area contributed by atoms with E-state index in [0.717, 1.165) is 57.2 Å². The number of carbonyl (C=O) groups excluding carboxylic acids is 1.